The van der Waals surface area contributed by atoms with Gasteiger partial charge in [-0.05, 0) is 44.7 Å². The summed E-state index contributed by atoms with van der Waals surface area (Å²) in [7, 11) is 0. The van der Waals surface area contributed by atoms with Gasteiger partial charge in [0.05, 0.1) is 5.60 Å². The Labute approximate surface area is 113 Å². The zero-order chi connectivity index (χ0) is 13.8. The van der Waals surface area contributed by atoms with Crippen molar-refractivity contribution in [1.82, 2.24) is 10.2 Å². The fourth-order valence-electron chi connectivity index (χ4n) is 2.74. The highest BCUT2D eigenvalue weighted by atomic mass is 16.3. The van der Waals surface area contributed by atoms with Gasteiger partial charge in [-0.1, -0.05) is 27.7 Å². The van der Waals surface area contributed by atoms with Crippen LogP contribution in [0.5, 0.6) is 0 Å². The summed E-state index contributed by atoms with van der Waals surface area (Å²) in [6.45, 7) is 14.6. The summed E-state index contributed by atoms with van der Waals surface area (Å²) in [5, 5.41) is 13.7. The average molecular weight is 256 g/mol. The topological polar surface area (TPSA) is 35.5 Å². The Bertz CT molecular complexity index is 231. The maximum Gasteiger partial charge on any atom is 0.0869 e. The van der Waals surface area contributed by atoms with Crippen molar-refractivity contribution in [3.05, 3.63) is 0 Å². The van der Waals surface area contributed by atoms with E-state index in [0.29, 0.717) is 12.6 Å². The molecule has 2 N–H and O–H groups in total. The monoisotopic (exact) mass is 256 g/mol. The summed E-state index contributed by atoms with van der Waals surface area (Å²) in [6.07, 6.45) is 2.57. The first kappa shape index (κ1) is 15.9. The molecule has 0 radical (unpaired) electrons. The van der Waals surface area contributed by atoms with E-state index in [1.807, 2.05) is 6.92 Å². The zero-order valence-corrected chi connectivity index (χ0v) is 12.9. The Morgan fingerprint density at radius 2 is 1.78 bits per heavy atom. The first-order valence-electron chi connectivity index (χ1n) is 7.48. The maximum atomic E-state index is 10.4. The van der Waals surface area contributed by atoms with Crippen LogP contribution in [0.3, 0.4) is 0 Å². The van der Waals surface area contributed by atoms with E-state index >= 15 is 0 Å². The lowest BCUT2D eigenvalue weighted by molar-refractivity contribution is 0.00643. The molecule has 108 valence electrons. The van der Waals surface area contributed by atoms with Crippen molar-refractivity contribution in [3.63, 3.8) is 0 Å². The lowest BCUT2D eigenvalue weighted by Crippen LogP contribution is -2.50. The number of likely N-dealkylation sites (tertiary alicyclic amines) is 1. The van der Waals surface area contributed by atoms with Crippen molar-refractivity contribution < 1.29 is 5.11 Å². The number of nitrogens with zero attached hydrogens (tertiary/aromatic N) is 1. The minimum atomic E-state index is -0.616. The van der Waals surface area contributed by atoms with E-state index in [2.05, 4.69) is 37.9 Å². The molecule has 0 amide bonds. The molecule has 1 aliphatic rings. The minimum absolute atomic E-state index is 0.433. The third-order valence-electron chi connectivity index (χ3n) is 4.03. The van der Waals surface area contributed by atoms with Gasteiger partial charge in [-0.15, -0.1) is 0 Å². The van der Waals surface area contributed by atoms with Crippen LogP contribution in [0.25, 0.3) is 0 Å². The number of piperidine rings is 1. The average Bonchev–Trinajstić information content (AvgIpc) is 2.27. The summed E-state index contributed by atoms with van der Waals surface area (Å²) in [6, 6.07) is 0.433. The van der Waals surface area contributed by atoms with Crippen molar-refractivity contribution in [2.45, 2.75) is 59.1 Å². The number of β-amino-alcohol motifs (C(OH)–C–C–N with tert-alkyl or cyclic N) is 1. The van der Waals surface area contributed by atoms with Crippen molar-refractivity contribution in [1.29, 1.82) is 0 Å². The van der Waals surface area contributed by atoms with Gasteiger partial charge in [-0.2, -0.15) is 0 Å². The van der Waals surface area contributed by atoms with Crippen LogP contribution in [0.2, 0.25) is 0 Å². The lowest BCUT2D eigenvalue weighted by Gasteiger charge is -2.38. The van der Waals surface area contributed by atoms with E-state index in [1.54, 1.807) is 0 Å². The molecule has 1 aliphatic heterocycles. The van der Waals surface area contributed by atoms with Crippen molar-refractivity contribution in [3.8, 4) is 0 Å². The summed E-state index contributed by atoms with van der Waals surface area (Å²) >= 11 is 0. The smallest absolute Gasteiger partial charge is 0.0869 e. The Morgan fingerprint density at radius 1 is 1.22 bits per heavy atom. The van der Waals surface area contributed by atoms with Gasteiger partial charge < -0.3 is 15.3 Å². The normalized spacial score (nSPS) is 22.7. The third-order valence-corrected chi connectivity index (χ3v) is 4.03. The van der Waals surface area contributed by atoms with Gasteiger partial charge in [0.25, 0.3) is 0 Å². The molecule has 0 aromatic carbocycles. The van der Waals surface area contributed by atoms with Crippen LogP contribution in [0, 0.1) is 11.8 Å². The molecule has 18 heavy (non-hydrogen) atoms. The number of hydrogen-bond acceptors (Lipinski definition) is 3. The van der Waals surface area contributed by atoms with Gasteiger partial charge in [-0.25, -0.2) is 0 Å². The Kier molecular flexibility index (Phi) is 6.09. The van der Waals surface area contributed by atoms with E-state index in [-0.39, 0.29) is 0 Å². The molecule has 1 saturated heterocycles. The molecular weight excluding hydrogens is 224 g/mol. The molecule has 0 aliphatic carbocycles. The molecule has 3 heteroatoms. The van der Waals surface area contributed by atoms with E-state index in [0.717, 1.165) is 31.5 Å². The first-order chi connectivity index (χ1) is 8.30. The Balaban J connectivity index is 2.31. The molecule has 0 aromatic rings. The van der Waals surface area contributed by atoms with Gasteiger partial charge >= 0.3 is 0 Å². The van der Waals surface area contributed by atoms with Gasteiger partial charge in [0.1, 0.15) is 0 Å². The van der Waals surface area contributed by atoms with Gasteiger partial charge in [-0.3, -0.25) is 0 Å². The SMILES string of the molecule is CC(C)NCC(C)(O)CN1CCC(C(C)C)CC1. The molecule has 1 atom stereocenters. The fraction of sp³-hybridized carbons (Fsp3) is 1.00. The molecule has 1 unspecified atom stereocenters. The van der Waals surface area contributed by atoms with Gasteiger partial charge in [0.2, 0.25) is 0 Å². The number of rotatable bonds is 6. The van der Waals surface area contributed by atoms with Crippen LogP contribution in [0.1, 0.15) is 47.5 Å². The third kappa shape index (κ3) is 5.68. The van der Waals surface area contributed by atoms with Crippen LogP contribution in [-0.2, 0) is 0 Å². The largest absolute Gasteiger partial charge is 0.388 e. The van der Waals surface area contributed by atoms with Crippen LogP contribution in [0.15, 0.2) is 0 Å². The summed E-state index contributed by atoms with van der Waals surface area (Å²) in [5.74, 6) is 1.68. The highest BCUT2D eigenvalue weighted by Crippen LogP contribution is 2.25. The highest BCUT2D eigenvalue weighted by molar-refractivity contribution is 4.83. The van der Waals surface area contributed by atoms with Crippen LogP contribution < -0.4 is 5.32 Å². The number of hydrogen-bond donors (Lipinski definition) is 2. The zero-order valence-electron chi connectivity index (χ0n) is 12.9. The molecule has 0 spiro atoms. The van der Waals surface area contributed by atoms with Crippen LogP contribution in [-0.4, -0.2) is 47.8 Å². The van der Waals surface area contributed by atoms with Crippen molar-refractivity contribution >= 4 is 0 Å². The van der Waals surface area contributed by atoms with Crippen molar-refractivity contribution in [2.75, 3.05) is 26.2 Å². The molecule has 1 rings (SSSR count). The Morgan fingerprint density at radius 3 is 2.22 bits per heavy atom. The second kappa shape index (κ2) is 6.88. The lowest BCUT2D eigenvalue weighted by atomic mass is 9.86. The highest BCUT2D eigenvalue weighted by Gasteiger charge is 2.28. The maximum absolute atomic E-state index is 10.4. The quantitative estimate of drug-likeness (QED) is 0.764. The molecule has 0 aromatic heterocycles. The molecular formula is C15H32N2O. The van der Waals surface area contributed by atoms with Gasteiger partial charge in [0, 0.05) is 19.1 Å². The van der Waals surface area contributed by atoms with E-state index < -0.39 is 5.60 Å². The van der Waals surface area contributed by atoms with Crippen LogP contribution >= 0.6 is 0 Å². The summed E-state index contributed by atoms with van der Waals surface area (Å²) in [4.78, 5) is 2.42. The fourth-order valence-corrected chi connectivity index (χ4v) is 2.74. The summed E-state index contributed by atoms with van der Waals surface area (Å²) in [5.41, 5.74) is -0.616. The van der Waals surface area contributed by atoms with Crippen LogP contribution in [0.4, 0.5) is 0 Å². The molecule has 0 bridgehead atoms. The first-order valence-corrected chi connectivity index (χ1v) is 7.48. The molecule has 0 saturated carbocycles. The van der Waals surface area contributed by atoms with Crippen molar-refractivity contribution in [2.24, 2.45) is 11.8 Å². The predicted molar refractivity (Wildman–Crippen MR) is 77.8 cm³/mol. The minimum Gasteiger partial charge on any atom is -0.388 e. The molecule has 3 nitrogen and oxygen atoms in total. The molecule has 1 heterocycles. The number of aliphatic hydroxyl groups is 1. The molecule has 1 fully saturated rings. The van der Waals surface area contributed by atoms with E-state index in [1.165, 1.54) is 12.8 Å². The van der Waals surface area contributed by atoms with Gasteiger partial charge in [0.15, 0.2) is 0 Å². The van der Waals surface area contributed by atoms with E-state index in [4.69, 9.17) is 0 Å². The van der Waals surface area contributed by atoms with E-state index in [9.17, 15) is 5.11 Å². The standard InChI is InChI=1S/C15H32N2O/c1-12(2)14-6-8-17(9-7-14)11-15(5,18)10-16-13(3)4/h12-14,16,18H,6-11H2,1-5H3. The Hall–Kier alpha value is -0.120. The second-order valence-corrected chi connectivity index (χ2v) is 6.89. The second-order valence-electron chi connectivity index (χ2n) is 6.89. The predicted octanol–water partition coefficient (Wildman–Crippen LogP) is 2.10. The number of nitrogens with one attached hydrogen (secondary N) is 1. The summed E-state index contributed by atoms with van der Waals surface area (Å²) < 4.78 is 0.